The van der Waals surface area contributed by atoms with Crippen LogP contribution in [0.2, 0.25) is 0 Å². The van der Waals surface area contributed by atoms with E-state index in [-0.39, 0.29) is 17.4 Å². The number of aryl methyl sites for hydroxylation is 1. The molecule has 0 spiro atoms. The van der Waals surface area contributed by atoms with Crippen LogP contribution < -0.4 is 4.74 Å². The molecule has 0 saturated carbocycles. The molecule has 0 unspecified atom stereocenters. The first-order valence-electron chi connectivity index (χ1n) is 5.04. The fourth-order valence-corrected chi connectivity index (χ4v) is 1.34. The number of phenolic OH excluding ortho intramolecular Hbond substituents is 1. The van der Waals surface area contributed by atoms with E-state index in [1.807, 2.05) is 6.07 Å². The predicted octanol–water partition coefficient (Wildman–Crippen LogP) is 2.76. The van der Waals surface area contributed by atoms with Gasteiger partial charge in [0.15, 0.2) is 11.5 Å². The largest absolute Gasteiger partial charge is 0.504 e. The number of hydrogen-bond donors (Lipinski definition) is 1. The fraction of sp³-hybridized carbons (Fsp3) is 0.0769. The van der Waals surface area contributed by atoms with E-state index in [1.54, 1.807) is 37.3 Å². The van der Waals surface area contributed by atoms with Crippen LogP contribution in [-0.2, 0) is 0 Å². The number of aromatic nitrogens is 1. The predicted molar refractivity (Wildman–Crippen MR) is 61.9 cm³/mol. The van der Waals surface area contributed by atoms with Gasteiger partial charge in [-0.3, -0.25) is 0 Å². The van der Waals surface area contributed by atoms with E-state index in [1.165, 1.54) is 6.07 Å². The summed E-state index contributed by atoms with van der Waals surface area (Å²) in [6.45, 7) is 1.80. The van der Waals surface area contributed by atoms with Crippen molar-refractivity contribution in [3.63, 3.8) is 0 Å². The van der Waals surface area contributed by atoms with Crippen LogP contribution >= 0.6 is 0 Å². The standard InChI is InChI=1S/C13H10N2O2/c1-9-6-7-10(8-14)13(15-9)17-12-5-3-2-4-11(12)16/h2-7,16H,1H3. The second kappa shape index (κ2) is 4.54. The maximum Gasteiger partial charge on any atom is 0.237 e. The van der Waals surface area contributed by atoms with Gasteiger partial charge in [0.05, 0.1) is 0 Å². The monoisotopic (exact) mass is 226 g/mol. The quantitative estimate of drug-likeness (QED) is 0.855. The Bertz CT molecular complexity index is 588. The Kier molecular flexibility index (Phi) is 2.93. The van der Waals surface area contributed by atoms with Gasteiger partial charge in [-0.25, -0.2) is 4.98 Å². The van der Waals surface area contributed by atoms with Gasteiger partial charge in [0.2, 0.25) is 5.88 Å². The molecule has 2 aromatic rings. The van der Waals surface area contributed by atoms with Crippen molar-refractivity contribution in [3.05, 3.63) is 47.7 Å². The lowest BCUT2D eigenvalue weighted by Crippen LogP contribution is -1.93. The highest BCUT2D eigenvalue weighted by Crippen LogP contribution is 2.30. The molecule has 0 radical (unpaired) electrons. The lowest BCUT2D eigenvalue weighted by atomic mass is 10.2. The van der Waals surface area contributed by atoms with E-state index in [0.717, 1.165) is 5.69 Å². The maximum atomic E-state index is 9.57. The van der Waals surface area contributed by atoms with Gasteiger partial charge >= 0.3 is 0 Å². The van der Waals surface area contributed by atoms with E-state index in [9.17, 15) is 5.11 Å². The number of rotatable bonds is 2. The van der Waals surface area contributed by atoms with E-state index in [4.69, 9.17) is 10.00 Å². The van der Waals surface area contributed by atoms with Gasteiger partial charge in [-0.1, -0.05) is 12.1 Å². The molecule has 0 atom stereocenters. The molecule has 2 rings (SSSR count). The van der Waals surface area contributed by atoms with Gasteiger partial charge in [0.1, 0.15) is 11.6 Å². The van der Waals surface area contributed by atoms with Gasteiger partial charge in [-0.05, 0) is 31.2 Å². The summed E-state index contributed by atoms with van der Waals surface area (Å²) in [6, 6.07) is 11.9. The van der Waals surface area contributed by atoms with Gasteiger partial charge in [-0.2, -0.15) is 5.26 Å². The molecule has 17 heavy (non-hydrogen) atoms. The van der Waals surface area contributed by atoms with E-state index in [2.05, 4.69) is 4.98 Å². The van der Waals surface area contributed by atoms with E-state index in [0.29, 0.717) is 5.56 Å². The molecule has 0 aliphatic carbocycles. The summed E-state index contributed by atoms with van der Waals surface area (Å²) in [5.41, 5.74) is 1.08. The molecule has 84 valence electrons. The van der Waals surface area contributed by atoms with Crippen molar-refractivity contribution in [2.24, 2.45) is 0 Å². The Labute approximate surface area is 98.7 Å². The highest BCUT2D eigenvalue weighted by Gasteiger charge is 2.09. The zero-order chi connectivity index (χ0) is 12.3. The summed E-state index contributed by atoms with van der Waals surface area (Å²) >= 11 is 0. The van der Waals surface area contributed by atoms with Crippen molar-refractivity contribution in [1.29, 1.82) is 5.26 Å². The summed E-state index contributed by atoms with van der Waals surface area (Å²) in [6.07, 6.45) is 0. The minimum atomic E-state index is 0.0136. The van der Waals surface area contributed by atoms with Gasteiger partial charge < -0.3 is 9.84 Å². The average molecular weight is 226 g/mol. The van der Waals surface area contributed by atoms with Crippen LogP contribution in [0.1, 0.15) is 11.3 Å². The van der Waals surface area contributed by atoms with Crippen LogP contribution in [0.15, 0.2) is 36.4 Å². The lowest BCUT2D eigenvalue weighted by molar-refractivity contribution is 0.401. The summed E-state index contributed by atoms with van der Waals surface area (Å²) in [4.78, 5) is 4.12. The third-order valence-corrected chi connectivity index (χ3v) is 2.19. The highest BCUT2D eigenvalue weighted by atomic mass is 16.5. The normalized spacial score (nSPS) is 9.65. The van der Waals surface area contributed by atoms with Gasteiger partial charge in [0, 0.05) is 5.69 Å². The second-order valence-electron chi connectivity index (χ2n) is 3.49. The summed E-state index contributed by atoms with van der Waals surface area (Å²) < 4.78 is 5.43. The summed E-state index contributed by atoms with van der Waals surface area (Å²) in [5.74, 6) is 0.496. The molecule has 1 N–H and O–H groups in total. The number of ether oxygens (including phenoxy) is 1. The molecule has 1 heterocycles. The molecule has 0 aliphatic rings. The number of nitrogens with zero attached hydrogens (tertiary/aromatic N) is 2. The first kappa shape index (κ1) is 11.0. The molecule has 0 amide bonds. The number of aromatic hydroxyl groups is 1. The number of nitriles is 1. The summed E-state index contributed by atoms with van der Waals surface area (Å²) in [7, 11) is 0. The molecular formula is C13H10N2O2. The van der Waals surface area contributed by atoms with E-state index < -0.39 is 0 Å². The van der Waals surface area contributed by atoms with Crippen LogP contribution in [-0.4, -0.2) is 10.1 Å². The van der Waals surface area contributed by atoms with Crippen molar-refractivity contribution < 1.29 is 9.84 Å². The molecule has 1 aromatic carbocycles. The molecule has 4 heteroatoms. The SMILES string of the molecule is Cc1ccc(C#N)c(Oc2ccccc2O)n1. The van der Waals surface area contributed by atoms with E-state index >= 15 is 0 Å². The zero-order valence-electron chi connectivity index (χ0n) is 9.21. The average Bonchev–Trinajstić information content (AvgIpc) is 2.32. The topological polar surface area (TPSA) is 66.1 Å². The Balaban J connectivity index is 2.40. The Morgan fingerprint density at radius 1 is 1.24 bits per heavy atom. The lowest BCUT2D eigenvalue weighted by Gasteiger charge is -2.08. The molecule has 0 fully saturated rings. The highest BCUT2D eigenvalue weighted by molar-refractivity contribution is 5.45. The zero-order valence-corrected chi connectivity index (χ0v) is 9.21. The van der Waals surface area contributed by atoms with Crippen LogP contribution in [0.5, 0.6) is 17.4 Å². The maximum absolute atomic E-state index is 9.57. The number of pyridine rings is 1. The van der Waals surface area contributed by atoms with Crippen molar-refractivity contribution in [2.45, 2.75) is 6.92 Å². The second-order valence-corrected chi connectivity index (χ2v) is 3.49. The minimum absolute atomic E-state index is 0.0136. The molecule has 0 saturated heterocycles. The molecule has 1 aromatic heterocycles. The van der Waals surface area contributed by atoms with Crippen LogP contribution in [0, 0.1) is 18.3 Å². The Morgan fingerprint density at radius 2 is 2.00 bits per heavy atom. The third kappa shape index (κ3) is 2.34. The first-order chi connectivity index (χ1) is 8.20. The number of benzene rings is 1. The van der Waals surface area contributed by atoms with Crippen LogP contribution in [0.4, 0.5) is 0 Å². The minimum Gasteiger partial charge on any atom is -0.504 e. The summed E-state index contributed by atoms with van der Waals surface area (Å²) in [5, 5.41) is 18.5. The van der Waals surface area contributed by atoms with Gasteiger partial charge in [-0.15, -0.1) is 0 Å². The molecular weight excluding hydrogens is 216 g/mol. The van der Waals surface area contributed by atoms with Crippen molar-refractivity contribution in [3.8, 4) is 23.4 Å². The van der Waals surface area contributed by atoms with Gasteiger partial charge in [0.25, 0.3) is 0 Å². The van der Waals surface area contributed by atoms with Crippen molar-refractivity contribution in [1.82, 2.24) is 4.98 Å². The number of phenols is 1. The number of para-hydroxylation sites is 2. The van der Waals surface area contributed by atoms with Crippen molar-refractivity contribution >= 4 is 0 Å². The van der Waals surface area contributed by atoms with Crippen molar-refractivity contribution in [2.75, 3.05) is 0 Å². The number of hydrogen-bond acceptors (Lipinski definition) is 4. The first-order valence-corrected chi connectivity index (χ1v) is 5.04. The molecule has 0 bridgehead atoms. The molecule has 4 nitrogen and oxygen atoms in total. The smallest absolute Gasteiger partial charge is 0.237 e. The third-order valence-electron chi connectivity index (χ3n) is 2.19. The Hall–Kier alpha value is -2.54. The van der Waals surface area contributed by atoms with Crippen LogP contribution in [0.25, 0.3) is 0 Å². The fourth-order valence-electron chi connectivity index (χ4n) is 1.34. The molecule has 0 aliphatic heterocycles. The van der Waals surface area contributed by atoms with Crippen LogP contribution in [0.3, 0.4) is 0 Å². The Morgan fingerprint density at radius 3 is 2.71 bits per heavy atom.